The van der Waals surface area contributed by atoms with E-state index in [-0.39, 0.29) is 16.9 Å². The second-order valence-electron chi connectivity index (χ2n) is 4.41. The molecule has 0 aliphatic carbocycles. The molecule has 23 heavy (non-hydrogen) atoms. The van der Waals surface area contributed by atoms with Gasteiger partial charge in [0.05, 0.1) is 12.7 Å². The molecule has 120 valence electrons. The number of hydrogen-bond acceptors (Lipinski definition) is 6. The van der Waals surface area contributed by atoms with Gasteiger partial charge in [-0.3, -0.25) is 4.79 Å². The van der Waals surface area contributed by atoms with Crippen molar-refractivity contribution >= 4 is 23.5 Å². The number of rotatable bonds is 6. The minimum absolute atomic E-state index is 0.0403. The summed E-state index contributed by atoms with van der Waals surface area (Å²) in [4.78, 5) is 28.0. The number of pyridine rings is 1. The fourth-order valence-electron chi connectivity index (χ4n) is 1.84. The molecule has 0 N–H and O–H groups in total. The number of benzene rings is 1. The van der Waals surface area contributed by atoms with Gasteiger partial charge in [0.2, 0.25) is 0 Å². The summed E-state index contributed by atoms with van der Waals surface area (Å²) in [5.41, 5.74) is 0.390. The maximum absolute atomic E-state index is 13.6. The number of ether oxygens (including phenoxy) is 2. The summed E-state index contributed by atoms with van der Waals surface area (Å²) in [6.45, 7) is -0.479. The monoisotopic (exact) mass is 335 g/mol. The third-order valence-corrected chi connectivity index (χ3v) is 3.70. The van der Waals surface area contributed by atoms with Crippen LogP contribution in [0.1, 0.15) is 20.7 Å². The normalized spacial score (nSPS) is 10.2. The average molecular weight is 335 g/mol. The van der Waals surface area contributed by atoms with Crippen LogP contribution in [0, 0.1) is 5.82 Å². The highest BCUT2D eigenvalue weighted by atomic mass is 32.2. The summed E-state index contributed by atoms with van der Waals surface area (Å²) in [6.07, 6.45) is 3.35. The van der Waals surface area contributed by atoms with Crippen LogP contribution in [0.5, 0.6) is 5.75 Å². The van der Waals surface area contributed by atoms with E-state index < -0.39 is 24.2 Å². The Hall–Kier alpha value is -2.41. The minimum Gasteiger partial charge on any atom is -0.494 e. The van der Waals surface area contributed by atoms with Crippen LogP contribution in [-0.4, -0.2) is 36.7 Å². The van der Waals surface area contributed by atoms with Gasteiger partial charge in [0.15, 0.2) is 24.0 Å². The van der Waals surface area contributed by atoms with E-state index in [1.54, 1.807) is 24.6 Å². The van der Waals surface area contributed by atoms with Crippen LogP contribution < -0.4 is 4.74 Å². The Balaban J connectivity index is 2.04. The molecule has 0 aliphatic heterocycles. The van der Waals surface area contributed by atoms with Crippen molar-refractivity contribution in [2.45, 2.75) is 5.03 Å². The van der Waals surface area contributed by atoms with E-state index >= 15 is 0 Å². The first-order chi connectivity index (χ1) is 11.1. The summed E-state index contributed by atoms with van der Waals surface area (Å²) < 4.78 is 23.3. The molecule has 7 heteroatoms. The molecule has 0 amide bonds. The predicted octanol–water partition coefficient (Wildman–Crippen LogP) is 2.99. The Morgan fingerprint density at radius 1 is 1.30 bits per heavy atom. The van der Waals surface area contributed by atoms with Crippen molar-refractivity contribution in [3.63, 3.8) is 0 Å². The number of carbonyl (C=O) groups is 2. The average Bonchev–Trinajstić information content (AvgIpc) is 2.59. The van der Waals surface area contributed by atoms with Gasteiger partial charge in [0.25, 0.3) is 0 Å². The first-order valence-corrected chi connectivity index (χ1v) is 7.82. The molecule has 2 rings (SSSR count). The van der Waals surface area contributed by atoms with E-state index in [1.807, 2.05) is 0 Å². The van der Waals surface area contributed by atoms with Crippen LogP contribution in [0.25, 0.3) is 0 Å². The fraction of sp³-hybridized carbons (Fsp3) is 0.188. The lowest BCUT2D eigenvalue weighted by Crippen LogP contribution is -2.15. The lowest BCUT2D eigenvalue weighted by Gasteiger charge is -2.07. The number of nitrogens with zero attached hydrogens (tertiary/aromatic N) is 1. The molecule has 2 aromatic rings. The van der Waals surface area contributed by atoms with E-state index in [4.69, 9.17) is 9.47 Å². The van der Waals surface area contributed by atoms with Crippen molar-refractivity contribution in [2.75, 3.05) is 20.0 Å². The van der Waals surface area contributed by atoms with Crippen molar-refractivity contribution in [3.8, 4) is 5.75 Å². The predicted molar refractivity (Wildman–Crippen MR) is 83.6 cm³/mol. The molecule has 0 aliphatic rings. The van der Waals surface area contributed by atoms with E-state index in [1.165, 1.54) is 31.0 Å². The van der Waals surface area contributed by atoms with Gasteiger partial charge in [-0.25, -0.2) is 14.2 Å². The molecular weight excluding hydrogens is 321 g/mol. The number of methoxy groups -OCH3 is 1. The highest BCUT2D eigenvalue weighted by Gasteiger charge is 2.16. The molecule has 1 aromatic carbocycles. The van der Waals surface area contributed by atoms with Crippen LogP contribution in [-0.2, 0) is 4.74 Å². The van der Waals surface area contributed by atoms with Gasteiger partial charge in [-0.15, -0.1) is 11.8 Å². The van der Waals surface area contributed by atoms with Gasteiger partial charge in [-0.05, 0) is 36.6 Å². The number of halogens is 1. The van der Waals surface area contributed by atoms with E-state index in [2.05, 4.69) is 4.98 Å². The zero-order chi connectivity index (χ0) is 16.8. The lowest BCUT2D eigenvalue weighted by atomic mass is 10.1. The first-order valence-electron chi connectivity index (χ1n) is 6.59. The second kappa shape index (κ2) is 7.73. The lowest BCUT2D eigenvalue weighted by molar-refractivity contribution is 0.0470. The number of carbonyl (C=O) groups excluding carboxylic acids is 2. The second-order valence-corrected chi connectivity index (χ2v) is 5.20. The summed E-state index contributed by atoms with van der Waals surface area (Å²) in [5, 5.41) is 0.514. The number of thioether (sulfide) groups is 1. The molecule has 1 aromatic heterocycles. The van der Waals surface area contributed by atoms with Gasteiger partial charge < -0.3 is 9.47 Å². The standard InChI is InChI=1S/C16H14FNO4S/c1-21-14-6-5-10(8-12(14)17)13(19)9-22-16(20)11-4-3-7-18-15(11)23-2/h3-8H,9H2,1-2H3. The van der Waals surface area contributed by atoms with Crippen molar-refractivity contribution in [3.05, 3.63) is 53.5 Å². The highest BCUT2D eigenvalue weighted by molar-refractivity contribution is 7.98. The molecule has 0 atom stereocenters. The molecule has 0 unspecified atom stereocenters. The molecule has 1 heterocycles. The van der Waals surface area contributed by atoms with Crippen molar-refractivity contribution in [1.29, 1.82) is 0 Å². The van der Waals surface area contributed by atoms with Crippen LogP contribution >= 0.6 is 11.8 Å². The van der Waals surface area contributed by atoms with Gasteiger partial charge in [-0.1, -0.05) is 0 Å². The Kier molecular flexibility index (Phi) is 5.70. The SMILES string of the molecule is COc1ccc(C(=O)COC(=O)c2cccnc2SC)cc1F. The molecule has 0 saturated carbocycles. The highest BCUT2D eigenvalue weighted by Crippen LogP contribution is 2.19. The Morgan fingerprint density at radius 2 is 2.09 bits per heavy atom. The minimum atomic E-state index is -0.651. The summed E-state index contributed by atoms with van der Waals surface area (Å²) >= 11 is 1.30. The van der Waals surface area contributed by atoms with Gasteiger partial charge in [-0.2, -0.15) is 0 Å². The van der Waals surface area contributed by atoms with E-state index in [9.17, 15) is 14.0 Å². The maximum Gasteiger partial charge on any atom is 0.341 e. The van der Waals surface area contributed by atoms with Crippen molar-refractivity contribution in [2.24, 2.45) is 0 Å². The molecular formula is C16H14FNO4S. The van der Waals surface area contributed by atoms with Crippen LogP contribution in [0.3, 0.4) is 0 Å². The smallest absolute Gasteiger partial charge is 0.341 e. The molecule has 0 fully saturated rings. The number of ketones is 1. The first kappa shape index (κ1) is 17.0. The van der Waals surface area contributed by atoms with Crippen LogP contribution in [0.4, 0.5) is 4.39 Å². The van der Waals surface area contributed by atoms with Crippen molar-refractivity contribution in [1.82, 2.24) is 4.98 Å². The number of hydrogen-bond donors (Lipinski definition) is 0. The van der Waals surface area contributed by atoms with Gasteiger partial charge in [0, 0.05) is 11.8 Å². The molecule has 0 spiro atoms. The number of aromatic nitrogens is 1. The number of Topliss-reactive ketones (excluding diaryl/α,β-unsaturated/α-hetero) is 1. The van der Waals surface area contributed by atoms with E-state index in [0.29, 0.717) is 5.03 Å². The third kappa shape index (κ3) is 4.07. The van der Waals surface area contributed by atoms with Gasteiger partial charge >= 0.3 is 5.97 Å². The maximum atomic E-state index is 13.6. The van der Waals surface area contributed by atoms with Gasteiger partial charge in [0.1, 0.15) is 5.03 Å². The van der Waals surface area contributed by atoms with Crippen molar-refractivity contribution < 1.29 is 23.5 Å². The summed E-state index contributed by atoms with van der Waals surface area (Å²) in [5.74, 6) is -1.76. The van der Waals surface area contributed by atoms with E-state index in [0.717, 1.165) is 6.07 Å². The van der Waals surface area contributed by atoms with Crippen LogP contribution in [0.15, 0.2) is 41.6 Å². The quantitative estimate of drug-likeness (QED) is 0.459. The molecule has 5 nitrogen and oxygen atoms in total. The number of esters is 1. The third-order valence-electron chi connectivity index (χ3n) is 2.99. The summed E-state index contributed by atoms with van der Waals surface area (Å²) in [7, 11) is 1.33. The largest absolute Gasteiger partial charge is 0.494 e. The zero-order valence-electron chi connectivity index (χ0n) is 12.5. The zero-order valence-corrected chi connectivity index (χ0v) is 13.4. The molecule has 0 saturated heterocycles. The molecule has 0 bridgehead atoms. The van der Waals surface area contributed by atoms with Crippen LogP contribution in [0.2, 0.25) is 0 Å². The Bertz CT molecular complexity index is 736. The molecule has 0 radical (unpaired) electrons. The topological polar surface area (TPSA) is 65.5 Å². The Morgan fingerprint density at radius 3 is 2.74 bits per heavy atom. The Labute approximate surface area is 136 Å². The summed E-state index contributed by atoms with van der Waals surface area (Å²) in [6, 6.07) is 6.98. The fourth-order valence-corrected chi connectivity index (χ4v) is 2.38.